The molecule has 0 aliphatic heterocycles. The van der Waals surface area contributed by atoms with Crippen LogP contribution in [-0.2, 0) is 11.5 Å². The van der Waals surface area contributed by atoms with Gasteiger partial charge in [-0.1, -0.05) is 12.1 Å². The monoisotopic (exact) mass is 262 g/mol. The van der Waals surface area contributed by atoms with Gasteiger partial charge in [0.1, 0.15) is 18.2 Å². The van der Waals surface area contributed by atoms with Gasteiger partial charge in [-0.15, -0.1) is 0 Å². The molecule has 0 aliphatic rings. The van der Waals surface area contributed by atoms with Gasteiger partial charge in [0.25, 0.3) is 0 Å². The number of hydrogen-bond donors (Lipinski definition) is 1. The molecular formula is C14H11FO4. The summed E-state index contributed by atoms with van der Waals surface area (Å²) in [6, 6.07) is 12.1. The molecule has 2 rings (SSSR count). The van der Waals surface area contributed by atoms with Crippen molar-refractivity contribution in [2.24, 2.45) is 0 Å². The lowest BCUT2D eigenvalue weighted by Gasteiger charge is -2.07. The van der Waals surface area contributed by atoms with Crippen LogP contribution in [0.1, 0.15) is 15.9 Å². The predicted molar refractivity (Wildman–Crippen MR) is 65.2 cm³/mol. The van der Waals surface area contributed by atoms with E-state index in [1.165, 1.54) is 30.3 Å². The summed E-state index contributed by atoms with van der Waals surface area (Å²) < 4.78 is 18.1. The molecule has 0 unspecified atom stereocenters. The van der Waals surface area contributed by atoms with Crippen molar-refractivity contribution in [2.45, 2.75) is 6.61 Å². The lowest BCUT2D eigenvalue weighted by Crippen LogP contribution is -2.03. The fourth-order valence-electron chi connectivity index (χ4n) is 1.54. The number of hydrogen-bond acceptors (Lipinski definition) is 4. The topological polar surface area (TPSA) is 55.8 Å². The molecule has 5 heteroatoms. The zero-order valence-corrected chi connectivity index (χ0v) is 9.88. The van der Waals surface area contributed by atoms with Crippen LogP contribution in [0.15, 0.2) is 48.5 Å². The molecule has 0 amide bonds. The molecule has 2 aromatic carbocycles. The molecule has 0 bridgehead atoms. The smallest absolute Gasteiger partial charge is 0.372 e. The first-order valence-electron chi connectivity index (χ1n) is 5.52. The minimum absolute atomic E-state index is 0.220. The number of benzene rings is 2. The lowest BCUT2D eigenvalue weighted by molar-refractivity contribution is -0.182. The van der Waals surface area contributed by atoms with Gasteiger partial charge in [-0.2, -0.15) is 5.26 Å². The van der Waals surface area contributed by atoms with Crippen molar-refractivity contribution in [1.82, 2.24) is 0 Å². The van der Waals surface area contributed by atoms with E-state index in [0.717, 1.165) is 5.56 Å². The Morgan fingerprint density at radius 3 is 2.58 bits per heavy atom. The molecule has 0 aromatic heterocycles. The van der Waals surface area contributed by atoms with Gasteiger partial charge < -0.3 is 4.74 Å². The van der Waals surface area contributed by atoms with Gasteiger partial charge in [0.2, 0.25) is 0 Å². The number of carbonyl (C=O) groups excluding carboxylic acids is 1. The first-order chi connectivity index (χ1) is 9.19. The highest BCUT2D eigenvalue weighted by Gasteiger charge is 2.07. The molecular weight excluding hydrogens is 251 g/mol. The van der Waals surface area contributed by atoms with Crippen molar-refractivity contribution in [3.05, 3.63) is 65.5 Å². The molecule has 19 heavy (non-hydrogen) atoms. The summed E-state index contributed by atoms with van der Waals surface area (Å²) in [6.45, 7) is 0.220. The van der Waals surface area contributed by atoms with E-state index in [1.807, 2.05) is 0 Å². The average Bonchev–Trinajstić information content (AvgIpc) is 2.46. The van der Waals surface area contributed by atoms with Crippen molar-refractivity contribution in [3.8, 4) is 5.75 Å². The first-order valence-corrected chi connectivity index (χ1v) is 5.52. The summed E-state index contributed by atoms with van der Waals surface area (Å²) >= 11 is 0. The van der Waals surface area contributed by atoms with Crippen LogP contribution in [0.2, 0.25) is 0 Å². The van der Waals surface area contributed by atoms with Gasteiger partial charge in [0, 0.05) is 0 Å². The Hall–Kier alpha value is -2.40. The Morgan fingerprint density at radius 2 is 1.89 bits per heavy atom. The highest BCUT2D eigenvalue weighted by atomic mass is 19.1. The number of carbonyl (C=O) groups is 1. The second kappa shape index (κ2) is 5.97. The van der Waals surface area contributed by atoms with Crippen molar-refractivity contribution in [2.75, 3.05) is 0 Å². The molecule has 0 atom stereocenters. The second-order valence-corrected chi connectivity index (χ2v) is 3.82. The van der Waals surface area contributed by atoms with Crippen LogP contribution in [0.3, 0.4) is 0 Å². The van der Waals surface area contributed by atoms with Gasteiger partial charge in [-0.05, 0) is 42.0 Å². The summed E-state index contributed by atoms with van der Waals surface area (Å²) in [5.74, 6) is -0.639. The lowest BCUT2D eigenvalue weighted by atomic mass is 10.1. The molecule has 0 saturated carbocycles. The third kappa shape index (κ3) is 3.53. The fourth-order valence-corrected chi connectivity index (χ4v) is 1.54. The highest BCUT2D eigenvalue weighted by molar-refractivity contribution is 5.89. The maximum absolute atomic E-state index is 12.7. The van der Waals surface area contributed by atoms with Crippen molar-refractivity contribution in [3.63, 3.8) is 0 Å². The molecule has 0 spiro atoms. The van der Waals surface area contributed by atoms with Crippen LogP contribution in [0, 0.1) is 5.82 Å². The van der Waals surface area contributed by atoms with Gasteiger partial charge >= 0.3 is 5.97 Å². The van der Waals surface area contributed by atoms with Crippen LogP contribution in [-0.4, -0.2) is 11.2 Å². The minimum Gasteiger partial charge on any atom is -0.489 e. The number of rotatable bonds is 4. The zero-order chi connectivity index (χ0) is 13.7. The molecule has 0 aliphatic carbocycles. The van der Waals surface area contributed by atoms with E-state index in [1.54, 1.807) is 18.2 Å². The Morgan fingerprint density at radius 1 is 1.16 bits per heavy atom. The van der Waals surface area contributed by atoms with E-state index in [2.05, 4.69) is 4.89 Å². The Bertz CT molecular complexity index is 566. The third-order valence-corrected chi connectivity index (χ3v) is 2.46. The quantitative estimate of drug-likeness (QED) is 0.679. The maximum Gasteiger partial charge on any atom is 0.372 e. The summed E-state index contributed by atoms with van der Waals surface area (Å²) in [7, 11) is 0. The van der Waals surface area contributed by atoms with Gasteiger partial charge in [0.15, 0.2) is 0 Å². The molecule has 0 heterocycles. The van der Waals surface area contributed by atoms with Gasteiger partial charge in [-0.25, -0.2) is 9.18 Å². The van der Waals surface area contributed by atoms with Crippen molar-refractivity contribution >= 4 is 5.97 Å². The Labute approximate surface area is 108 Å². The zero-order valence-electron chi connectivity index (χ0n) is 9.88. The maximum atomic E-state index is 12.7. The van der Waals surface area contributed by atoms with Crippen LogP contribution in [0.25, 0.3) is 0 Å². The minimum atomic E-state index is -0.830. The molecule has 1 N–H and O–H groups in total. The van der Waals surface area contributed by atoms with Gasteiger partial charge in [0.05, 0.1) is 5.56 Å². The standard InChI is InChI=1S/C14H11FO4/c15-12-4-6-13(7-5-12)18-9-10-2-1-3-11(8-10)14(16)19-17/h1-8,17H,9H2. The molecule has 98 valence electrons. The molecule has 4 nitrogen and oxygen atoms in total. The highest BCUT2D eigenvalue weighted by Crippen LogP contribution is 2.14. The third-order valence-electron chi connectivity index (χ3n) is 2.46. The van der Waals surface area contributed by atoms with Crippen LogP contribution in [0.4, 0.5) is 4.39 Å². The summed E-state index contributed by atoms with van der Waals surface area (Å²) in [5, 5.41) is 8.30. The van der Waals surface area contributed by atoms with E-state index in [9.17, 15) is 9.18 Å². The predicted octanol–water partition coefficient (Wildman–Crippen LogP) is 3.03. The summed E-state index contributed by atoms with van der Waals surface area (Å²) in [6.07, 6.45) is 0. The average molecular weight is 262 g/mol. The van der Waals surface area contributed by atoms with Crippen LogP contribution in [0.5, 0.6) is 5.75 Å². The van der Waals surface area contributed by atoms with E-state index in [4.69, 9.17) is 9.99 Å². The van der Waals surface area contributed by atoms with Crippen molar-refractivity contribution < 1.29 is 24.1 Å². The number of halogens is 1. The van der Waals surface area contributed by atoms with E-state index >= 15 is 0 Å². The molecule has 0 fully saturated rings. The summed E-state index contributed by atoms with van der Waals surface area (Å²) in [4.78, 5) is 14.8. The number of ether oxygens (including phenoxy) is 1. The van der Waals surface area contributed by atoms with Gasteiger partial charge in [-0.3, -0.25) is 4.89 Å². The fraction of sp³-hybridized carbons (Fsp3) is 0.0714. The van der Waals surface area contributed by atoms with E-state index in [-0.39, 0.29) is 18.0 Å². The summed E-state index contributed by atoms with van der Waals surface area (Å²) in [5.41, 5.74) is 0.954. The van der Waals surface area contributed by atoms with Crippen LogP contribution < -0.4 is 4.74 Å². The largest absolute Gasteiger partial charge is 0.489 e. The normalized spacial score (nSPS) is 10.0. The Kier molecular flexibility index (Phi) is 4.10. The molecule has 0 saturated heterocycles. The second-order valence-electron chi connectivity index (χ2n) is 3.82. The molecule has 0 radical (unpaired) electrons. The Balaban J connectivity index is 2.03. The van der Waals surface area contributed by atoms with E-state index < -0.39 is 5.97 Å². The molecule has 2 aromatic rings. The van der Waals surface area contributed by atoms with Crippen molar-refractivity contribution in [1.29, 1.82) is 0 Å². The van der Waals surface area contributed by atoms with Crippen LogP contribution >= 0.6 is 0 Å². The first kappa shape index (κ1) is 13.0. The SMILES string of the molecule is O=C(OO)c1cccc(COc2ccc(F)cc2)c1. The van der Waals surface area contributed by atoms with E-state index in [0.29, 0.717) is 5.75 Å².